The first-order valence-corrected chi connectivity index (χ1v) is 4.19. The van der Waals surface area contributed by atoms with E-state index in [1.807, 2.05) is 0 Å². The van der Waals surface area contributed by atoms with Crippen LogP contribution in [0.2, 0.25) is 0 Å². The smallest absolute Gasteiger partial charge is 0.106 e. The lowest BCUT2D eigenvalue weighted by atomic mass is 10.0. The molecule has 2 fully saturated rings. The van der Waals surface area contributed by atoms with Crippen LogP contribution < -0.4 is 5.32 Å². The molecule has 1 saturated heterocycles. The van der Waals surface area contributed by atoms with E-state index >= 15 is 0 Å². The zero-order valence-electron chi connectivity index (χ0n) is 6.84. The third kappa shape index (κ3) is 1.25. The molecule has 1 saturated carbocycles. The van der Waals surface area contributed by atoms with E-state index < -0.39 is 0 Å². The van der Waals surface area contributed by atoms with E-state index in [4.69, 9.17) is 4.84 Å². The average Bonchev–Trinajstić information content (AvgIpc) is 2.46. The van der Waals surface area contributed by atoms with Crippen LogP contribution in [0.5, 0.6) is 0 Å². The zero-order chi connectivity index (χ0) is 7.68. The van der Waals surface area contributed by atoms with Gasteiger partial charge in [0, 0.05) is 0 Å². The SMILES string of the molecule is CON=C1CC2CNCC2C1. The largest absolute Gasteiger partial charge is 0.399 e. The second kappa shape index (κ2) is 2.81. The van der Waals surface area contributed by atoms with Crippen LogP contribution in [0.15, 0.2) is 5.16 Å². The molecule has 0 aromatic carbocycles. The van der Waals surface area contributed by atoms with Crippen molar-refractivity contribution in [2.45, 2.75) is 12.8 Å². The molecular formula is C8H14N2O. The summed E-state index contributed by atoms with van der Waals surface area (Å²) in [4.78, 5) is 4.76. The minimum atomic E-state index is 0.837. The molecule has 0 bridgehead atoms. The standard InChI is InChI=1S/C8H14N2O/c1-11-10-8-2-6-4-9-5-7(6)3-8/h6-7,9H,2-5H2,1H3. The predicted molar refractivity (Wildman–Crippen MR) is 43.5 cm³/mol. The number of nitrogens with zero attached hydrogens (tertiary/aromatic N) is 1. The molecule has 3 nitrogen and oxygen atoms in total. The molecular weight excluding hydrogens is 140 g/mol. The summed E-state index contributed by atoms with van der Waals surface area (Å²) in [6.07, 6.45) is 2.29. The van der Waals surface area contributed by atoms with Gasteiger partial charge in [0.05, 0.1) is 5.71 Å². The van der Waals surface area contributed by atoms with E-state index in [0.717, 1.165) is 24.7 Å². The van der Waals surface area contributed by atoms with Gasteiger partial charge in [-0.3, -0.25) is 0 Å². The van der Waals surface area contributed by atoms with Gasteiger partial charge in [-0.1, -0.05) is 5.16 Å². The van der Waals surface area contributed by atoms with Gasteiger partial charge < -0.3 is 10.2 Å². The van der Waals surface area contributed by atoms with Crippen LogP contribution in [-0.4, -0.2) is 25.9 Å². The van der Waals surface area contributed by atoms with Gasteiger partial charge in [0.1, 0.15) is 7.11 Å². The summed E-state index contributed by atoms with van der Waals surface area (Å²) in [7, 11) is 1.62. The van der Waals surface area contributed by atoms with Gasteiger partial charge >= 0.3 is 0 Å². The van der Waals surface area contributed by atoms with Crippen molar-refractivity contribution in [1.82, 2.24) is 5.32 Å². The molecule has 1 aliphatic carbocycles. The quantitative estimate of drug-likeness (QED) is 0.562. The zero-order valence-corrected chi connectivity index (χ0v) is 6.84. The van der Waals surface area contributed by atoms with Gasteiger partial charge in [-0.2, -0.15) is 0 Å². The van der Waals surface area contributed by atoms with Crippen molar-refractivity contribution in [3.8, 4) is 0 Å². The Morgan fingerprint density at radius 1 is 1.36 bits per heavy atom. The van der Waals surface area contributed by atoms with Crippen LogP contribution >= 0.6 is 0 Å². The van der Waals surface area contributed by atoms with Gasteiger partial charge in [-0.05, 0) is 37.8 Å². The highest BCUT2D eigenvalue weighted by Crippen LogP contribution is 2.32. The molecule has 2 atom stereocenters. The fourth-order valence-electron chi connectivity index (χ4n) is 2.16. The molecule has 1 aliphatic heterocycles. The summed E-state index contributed by atoms with van der Waals surface area (Å²) in [6, 6.07) is 0. The van der Waals surface area contributed by atoms with Crippen LogP contribution in [0.25, 0.3) is 0 Å². The van der Waals surface area contributed by atoms with Crippen molar-refractivity contribution in [2.75, 3.05) is 20.2 Å². The number of rotatable bonds is 1. The fourth-order valence-corrected chi connectivity index (χ4v) is 2.16. The monoisotopic (exact) mass is 154 g/mol. The maximum Gasteiger partial charge on any atom is 0.106 e. The Morgan fingerprint density at radius 3 is 2.55 bits per heavy atom. The molecule has 1 heterocycles. The van der Waals surface area contributed by atoms with Gasteiger partial charge in [0.15, 0.2) is 0 Å². The van der Waals surface area contributed by atoms with E-state index in [0.29, 0.717) is 0 Å². The summed E-state index contributed by atoms with van der Waals surface area (Å²) in [5.74, 6) is 1.67. The van der Waals surface area contributed by atoms with Crippen LogP contribution in [0.1, 0.15) is 12.8 Å². The van der Waals surface area contributed by atoms with Crippen molar-refractivity contribution in [3.63, 3.8) is 0 Å². The molecule has 0 radical (unpaired) electrons. The Morgan fingerprint density at radius 2 is 2.00 bits per heavy atom. The van der Waals surface area contributed by atoms with Gasteiger partial charge in [-0.25, -0.2) is 0 Å². The van der Waals surface area contributed by atoms with E-state index in [9.17, 15) is 0 Å². The predicted octanol–water partition coefficient (Wildman–Crippen LogP) is 0.618. The van der Waals surface area contributed by atoms with Crippen molar-refractivity contribution in [3.05, 3.63) is 0 Å². The second-order valence-electron chi connectivity index (χ2n) is 3.43. The Bertz CT molecular complexity index is 165. The highest BCUT2D eigenvalue weighted by molar-refractivity contribution is 5.86. The van der Waals surface area contributed by atoms with Gasteiger partial charge in [-0.15, -0.1) is 0 Å². The lowest BCUT2D eigenvalue weighted by molar-refractivity contribution is 0.212. The fraction of sp³-hybridized carbons (Fsp3) is 0.875. The maximum atomic E-state index is 4.76. The van der Waals surface area contributed by atoms with Gasteiger partial charge in [0.25, 0.3) is 0 Å². The molecule has 1 N–H and O–H groups in total. The summed E-state index contributed by atoms with van der Waals surface area (Å²) in [6.45, 7) is 2.35. The molecule has 0 amide bonds. The summed E-state index contributed by atoms with van der Waals surface area (Å²) >= 11 is 0. The molecule has 0 spiro atoms. The molecule has 0 aromatic rings. The Hall–Kier alpha value is -0.570. The van der Waals surface area contributed by atoms with Crippen LogP contribution in [0.3, 0.4) is 0 Å². The number of hydrogen-bond acceptors (Lipinski definition) is 3. The molecule has 2 unspecified atom stereocenters. The summed E-state index contributed by atoms with van der Waals surface area (Å²) < 4.78 is 0. The highest BCUT2D eigenvalue weighted by Gasteiger charge is 2.35. The number of fused-ring (bicyclic) bond motifs is 1. The summed E-state index contributed by atoms with van der Waals surface area (Å²) in [5.41, 5.74) is 1.25. The first-order chi connectivity index (χ1) is 5.40. The second-order valence-corrected chi connectivity index (χ2v) is 3.43. The van der Waals surface area contributed by atoms with Crippen LogP contribution in [0.4, 0.5) is 0 Å². The van der Waals surface area contributed by atoms with Crippen molar-refractivity contribution >= 4 is 5.71 Å². The lowest BCUT2D eigenvalue weighted by Gasteiger charge is -2.01. The molecule has 2 aliphatic rings. The lowest BCUT2D eigenvalue weighted by Crippen LogP contribution is -2.11. The molecule has 62 valence electrons. The minimum absolute atomic E-state index is 0.837. The Balaban J connectivity index is 1.99. The van der Waals surface area contributed by atoms with Crippen molar-refractivity contribution in [2.24, 2.45) is 17.0 Å². The maximum absolute atomic E-state index is 4.76. The van der Waals surface area contributed by atoms with E-state index in [2.05, 4.69) is 10.5 Å². The topological polar surface area (TPSA) is 33.6 Å². The molecule has 3 heteroatoms. The number of oxime groups is 1. The molecule has 11 heavy (non-hydrogen) atoms. The first kappa shape index (κ1) is 7.10. The first-order valence-electron chi connectivity index (χ1n) is 4.19. The third-order valence-electron chi connectivity index (χ3n) is 2.70. The third-order valence-corrected chi connectivity index (χ3v) is 2.70. The van der Waals surface area contributed by atoms with Crippen LogP contribution in [0, 0.1) is 11.8 Å². The molecule has 0 aromatic heterocycles. The van der Waals surface area contributed by atoms with E-state index in [-0.39, 0.29) is 0 Å². The minimum Gasteiger partial charge on any atom is -0.399 e. The number of nitrogens with one attached hydrogen (secondary N) is 1. The van der Waals surface area contributed by atoms with Crippen molar-refractivity contribution in [1.29, 1.82) is 0 Å². The molecule has 2 rings (SSSR count). The summed E-state index contributed by atoms with van der Waals surface area (Å²) in [5, 5.41) is 7.39. The van der Waals surface area contributed by atoms with Crippen molar-refractivity contribution < 1.29 is 4.84 Å². The van der Waals surface area contributed by atoms with Crippen LogP contribution in [-0.2, 0) is 4.84 Å². The highest BCUT2D eigenvalue weighted by atomic mass is 16.6. The number of hydrogen-bond donors (Lipinski definition) is 1. The van der Waals surface area contributed by atoms with Gasteiger partial charge in [0.2, 0.25) is 0 Å². The Labute approximate surface area is 66.8 Å². The average molecular weight is 154 g/mol. The van der Waals surface area contributed by atoms with E-state index in [1.165, 1.54) is 18.8 Å². The normalized spacial score (nSPS) is 35.5. The van der Waals surface area contributed by atoms with E-state index in [1.54, 1.807) is 7.11 Å². The Kier molecular flexibility index (Phi) is 1.82.